The highest BCUT2D eigenvalue weighted by Crippen LogP contribution is 2.32. The number of aromatic amines is 1. The van der Waals surface area contributed by atoms with Gasteiger partial charge >= 0.3 is 0 Å². The molecular weight excluding hydrogens is 320 g/mol. The summed E-state index contributed by atoms with van der Waals surface area (Å²) in [6.07, 6.45) is 0. The normalized spacial score (nSPS) is 12.8. The Morgan fingerprint density at radius 2 is 1.92 bits per heavy atom. The van der Waals surface area contributed by atoms with Crippen molar-refractivity contribution >= 4 is 16.6 Å². The topological polar surface area (TPSA) is 72.6 Å². The monoisotopic (exact) mass is 338 g/mol. The Labute approximate surface area is 144 Å². The Hall–Kier alpha value is -3.15. The maximum Gasteiger partial charge on any atom is 0.253 e. The molecule has 0 unspecified atom stereocenters. The summed E-state index contributed by atoms with van der Waals surface area (Å²) in [6, 6.07) is 13.2. The second-order valence-electron chi connectivity index (χ2n) is 5.79. The van der Waals surface area contributed by atoms with Crippen LogP contribution in [0.5, 0.6) is 17.2 Å². The number of pyridine rings is 1. The average molecular weight is 338 g/mol. The lowest BCUT2D eigenvalue weighted by Crippen LogP contribution is -2.17. The molecule has 2 heterocycles. The number of anilines is 1. The molecule has 1 aliphatic rings. The van der Waals surface area contributed by atoms with Gasteiger partial charge in [0.15, 0.2) is 11.5 Å². The minimum Gasteiger partial charge on any atom is -0.497 e. The fourth-order valence-electron chi connectivity index (χ4n) is 2.83. The van der Waals surface area contributed by atoms with E-state index in [9.17, 15) is 4.79 Å². The number of fused-ring (bicyclic) bond motifs is 2. The highest BCUT2D eigenvalue weighted by molar-refractivity contribution is 5.80. The van der Waals surface area contributed by atoms with E-state index >= 15 is 0 Å². The molecule has 4 rings (SSSR count). The van der Waals surface area contributed by atoms with Crippen molar-refractivity contribution in [2.45, 2.75) is 6.54 Å². The van der Waals surface area contributed by atoms with Crippen molar-refractivity contribution in [2.24, 2.45) is 0 Å². The third-order valence-corrected chi connectivity index (χ3v) is 4.16. The van der Waals surface area contributed by atoms with Crippen LogP contribution >= 0.6 is 0 Å². The molecule has 0 fully saturated rings. The summed E-state index contributed by atoms with van der Waals surface area (Å²) >= 11 is 0. The lowest BCUT2D eigenvalue weighted by Gasteiger charge is -2.19. The van der Waals surface area contributed by atoms with Crippen LogP contribution < -0.4 is 25.1 Å². The van der Waals surface area contributed by atoms with Crippen LogP contribution in [-0.2, 0) is 6.54 Å². The van der Waals surface area contributed by atoms with E-state index < -0.39 is 0 Å². The maximum atomic E-state index is 12.3. The summed E-state index contributed by atoms with van der Waals surface area (Å²) in [6.45, 7) is 1.53. The highest BCUT2D eigenvalue weighted by atomic mass is 16.6. The first-order valence-electron chi connectivity index (χ1n) is 8.06. The number of hydrogen-bond acceptors (Lipinski definition) is 5. The zero-order chi connectivity index (χ0) is 17.2. The second-order valence-corrected chi connectivity index (χ2v) is 5.79. The molecule has 0 saturated heterocycles. The fourth-order valence-corrected chi connectivity index (χ4v) is 2.83. The largest absolute Gasteiger partial charge is 0.497 e. The molecule has 2 aromatic carbocycles. The number of ether oxygens (including phenoxy) is 3. The molecule has 3 aromatic rings. The summed E-state index contributed by atoms with van der Waals surface area (Å²) in [4.78, 5) is 15.2. The van der Waals surface area contributed by atoms with Gasteiger partial charge in [-0.3, -0.25) is 4.79 Å². The van der Waals surface area contributed by atoms with Crippen LogP contribution in [0.4, 0.5) is 5.69 Å². The Balaban J connectivity index is 1.56. The first-order chi connectivity index (χ1) is 12.2. The Morgan fingerprint density at radius 3 is 2.76 bits per heavy atom. The Bertz CT molecular complexity index is 981. The molecule has 1 aliphatic heterocycles. The van der Waals surface area contributed by atoms with Crippen molar-refractivity contribution in [3.63, 3.8) is 0 Å². The molecule has 0 saturated carbocycles. The van der Waals surface area contributed by atoms with Gasteiger partial charge in [-0.1, -0.05) is 0 Å². The first kappa shape index (κ1) is 15.4. The maximum absolute atomic E-state index is 12.3. The van der Waals surface area contributed by atoms with Crippen molar-refractivity contribution in [1.29, 1.82) is 0 Å². The minimum absolute atomic E-state index is 0.120. The molecule has 25 heavy (non-hydrogen) atoms. The van der Waals surface area contributed by atoms with Crippen LogP contribution in [-0.4, -0.2) is 25.3 Å². The molecular formula is C19H18N2O4. The van der Waals surface area contributed by atoms with Gasteiger partial charge in [-0.2, -0.15) is 0 Å². The molecule has 1 aromatic heterocycles. The van der Waals surface area contributed by atoms with E-state index in [1.807, 2.05) is 42.5 Å². The molecule has 0 aliphatic carbocycles. The third-order valence-electron chi connectivity index (χ3n) is 4.16. The molecule has 0 radical (unpaired) electrons. The SMILES string of the molecule is COc1ccc2cc(CNc3ccc4c(c3)OCCO4)c(=O)[nH]c2c1. The van der Waals surface area contributed by atoms with Crippen molar-refractivity contribution in [3.8, 4) is 17.2 Å². The number of H-pyrrole nitrogens is 1. The molecule has 0 bridgehead atoms. The minimum atomic E-state index is -0.120. The van der Waals surface area contributed by atoms with Gasteiger partial charge in [-0.15, -0.1) is 0 Å². The van der Waals surface area contributed by atoms with Crippen LogP contribution in [0.2, 0.25) is 0 Å². The summed E-state index contributed by atoms with van der Waals surface area (Å²) in [5.41, 5.74) is 2.17. The summed E-state index contributed by atoms with van der Waals surface area (Å²) in [5, 5.41) is 4.22. The predicted octanol–water partition coefficient (Wildman–Crippen LogP) is 2.92. The summed E-state index contributed by atoms with van der Waals surface area (Å²) in [5.74, 6) is 2.18. The average Bonchev–Trinajstić information content (AvgIpc) is 2.65. The molecule has 0 spiro atoms. The van der Waals surface area contributed by atoms with Crippen LogP contribution in [0.15, 0.2) is 47.3 Å². The molecule has 6 nitrogen and oxygen atoms in total. The van der Waals surface area contributed by atoms with Crippen LogP contribution in [0.3, 0.4) is 0 Å². The number of aromatic nitrogens is 1. The van der Waals surface area contributed by atoms with Gasteiger partial charge in [-0.05, 0) is 35.7 Å². The predicted molar refractivity (Wildman–Crippen MR) is 95.9 cm³/mol. The van der Waals surface area contributed by atoms with Gasteiger partial charge in [0.25, 0.3) is 5.56 Å². The second kappa shape index (κ2) is 6.39. The quantitative estimate of drug-likeness (QED) is 0.765. The summed E-state index contributed by atoms with van der Waals surface area (Å²) in [7, 11) is 1.60. The van der Waals surface area contributed by atoms with E-state index in [1.54, 1.807) is 7.11 Å². The number of methoxy groups -OCH3 is 1. The molecule has 6 heteroatoms. The smallest absolute Gasteiger partial charge is 0.253 e. The van der Waals surface area contributed by atoms with Gasteiger partial charge in [-0.25, -0.2) is 0 Å². The lowest BCUT2D eigenvalue weighted by atomic mass is 10.1. The van der Waals surface area contributed by atoms with E-state index in [-0.39, 0.29) is 5.56 Å². The van der Waals surface area contributed by atoms with Crippen LogP contribution in [0.25, 0.3) is 10.9 Å². The van der Waals surface area contributed by atoms with Gasteiger partial charge < -0.3 is 24.5 Å². The van der Waals surface area contributed by atoms with Crippen LogP contribution in [0, 0.1) is 0 Å². The van der Waals surface area contributed by atoms with E-state index in [0.29, 0.717) is 31.1 Å². The van der Waals surface area contributed by atoms with Gasteiger partial charge in [0.1, 0.15) is 19.0 Å². The lowest BCUT2D eigenvalue weighted by molar-refractivity contribution is 0.171. The third kappa shape index (κ3) is 3.10. The number of rotatable bonds is 4. The zero-order valence-corrected chi connectivity index (χ0v) is 13.8. The fraction of sp³-hybridized carbons (Fsp3) is 0.211. The van der Waals surface area contributed by atoms with Gasteiger partial charge in [0, 0.05) is 29.9 Å². The van der Waals surface area contributed by atoms with E-state index in [2.05, 4.69) is 10.3 Å². The van der Waals surface area contributed by atoms with E-state index in [4.69, 9.17) is 14.2 Å². The van der Waals surface area contributed by atoms with Gasteiger partial charge in [0.2, 0.25) is 0 Å². The first-order valence-corrected chi connectivity index (χ1v) is 8.06. The van der Waals surface area contributed by atoms with E-state index in [1.165, 1.54) is 0 Å². The van der Waals surface area contributed by atoms with E-state index in [0.717, 1.165) is 28.1 Å². The summed E-state index contributed by atoms with van der Waals surface area (Å²) < 4.78 is 16.3. The molecule has 0 amide bonds. The van der Waals surface area contributed by atoms with Crippen molar-refractivity contribution in [2.75, 3.05) is 25.6 Å². The molecule has 128 valence electrons. The van der Waals surface area contributed by atoms with Crippen molar-refractivity contribution in [1.82, 2.24) is 4.98 Å². The van der Waals surface area contributed by atoms with Gasteiger partial charge in [0.05, 0.1) is 12.6 Å². The Morgan fingerprint density at radius 1 is 1.08 bits per heavy atom. The number of benzene rings is 2. The number of hydrogen-bond donors (Lipinski definition) is 2. The molecule has 2 N–H and O–H groups in total. The van der Waals surface area contributed by atoms with Crippen molar-refractivity contribution in [3.05, 3.63) is 58.4 Å². The highest BCUT2D eigenvalue weighted by Gasteiger charge is 2.12. The molecule has 0 atom stereocenters. The standard InChI is InChI=1S/C19H18N2O4/c1-23-15-4-2-12-8-13(19(22)21-16(12)10-15)11-20-14-3-5-17-18(9-14)25-7-6-24-17/h2-5,8-10,20H,6-7,11H2,1H3,(H,21,22). The van der Waals surface area contributed by atoms with Crippen molar-refractivity contribution < 1.29 is 14.2 Å². The zero-order valence-electron chi connectivity index (χ0n) is 13.8. The van der Waals surface area contributed by atoms with Crippen LogP contribution in [0.1, 0.15) is 5.56 Å². The Kier molecular flexibility index (Phi) is 3.93. The number of nitrogens with one attached hydrogen (secondary N) is 2.